The second-order valence-corrected chi connectivity index (χ2v) is 6.58. The number of hydrogen-bond acceptors (Lipinski definition) is 1. The summed E-state index contributed by atoms with van der Waals surface area (Å²) >= 11 is 3.54. The molecule has 0 N–H and O–H groups in total. The minimum Gasteiger partial charge on any atom is -0.198 e. The van der Waals surface area contributed by atoms with Gasteiger partial charge in [-0.25, -0.2) is 0 Å². The Hall–Kier alpha value is -0.290. The highest BCUT2D eigenvalue weighted by Crippen LogP contribution is 2.59. The number of rotatable bonds is 2. The molecule has 0 bridgehead atoms. The summed E-state index contributed by atoms with van der Waals surface area (Å²) < 4.78 is 0. The van der Waals surface area contributed by atoms with E-state index in [0.717, 1.165) is 18.3 Å². The van der Waals surface area contributed by atoms with E-state index < -0.39 is 0 Å². The van der Waals surface area contributed by atoms with Crippen LogP contribution in [0.1, 0.15) is 52.4 Å². The van der Waals surface area contributed by atoms with E-state index in [2.05, 4.69) is 40.8 Å². The van der Waals surface area contributed by atoms with E-state index in [1.54, 1.807) is 5.57 Å². The maximum Gasteiger partial charge on any atom is 0.0624 e. The van der Waals surface area contributed by atoms with Crippen LogP contribution in [-0.4, -0.2) is 0 Å². The van der Waals surface area contributed by atoms with Gasteiger partial charge in [-0.15, -0.1) is 0 Å². The molecule has 2 heteroatoms. The second kappa shape index (κ2) is 5.14. The van der Waals surface area contributed by atoms with Gasteiger partial charge >= 0.3 is 0 Å². The minimum atomic E-state index is 0.452. The van der Waals surface area contributed by atoms with Gasteiger partial charge in [-0.3, -0.25) is 0 Å². The van der Waals surface area contributed by atoms with Gasteiger partial charge in [0, 0.05) is 6.42 Å². The van der Waals surface area contributed by atoms with Crippen LogP contribution in [-0.2, 0) is 0 Å². The van der Waals surface area contributed by atoms with E-state index in [0.29, 0.717) is 11.3 Å². The Labute approximate surface area is 113 Å². The third-order valence-electron chi connectivity index (χ3n) is 5.28. The third kappa shape index (κ3) is 2.19. The molecule has 0 amide bonds. The van der Waals surface area contributed by atoms with Crippen molar-refractivity contribution in [3.8, 4) is 6.07 Å². The summed E-state index contributed by atoms with van der Waals surface area (Å²) in [6.45, 7) is 4.74. The van der Waals surface area contributed by atoms with Crippen molar-refractivity contribution in [3.63, 3.8) is 0 Å². The highest BCUT2D eigenvalue weighted by atomic mass is 79.9. The molecular weight excluding hydrogens is 274 g/mol. The Bertz CT molecular complexity index is 354. The van der Waals surface area contributed by atoms with Gasteiger partial charge in [-0.05, 0) is 60.3 Å². The van der Waals surface area contributed by atoms with Crippen LogP contribution < -0.4 is 0 Å². The van der Waals surface area contributed by atoms with Crippen LogP contribution in [0.2, 0.25) is 0 Å². The SMILES string of the molecule is C[C@H](CC#N)[C@H]1CCC2/C(=C/Br)CCC[C@@]21C. The molecule has 17 heavy (non-hydrogen) atoms. The van der Waals surface area contributed by atoms with Gasteiger partial charge < -0.3 is 0 Å². The highest BCUT2D eigenvalue weighted by Gasteiger charge is 2.50. The molecule has 2 rings (SSSR count). The lowest BCUT2D eigenvalue weighted by molar-refractivity contribution is 0.0993. The first-order valence-corrected chi connectivity index (χ1v) is 7.71. The molecule has 2 aliphatic rings. The maximum atomic E-state index is 8.91. The summed E-state index contributed by atoms with van der Waals surface area (Å²) in [6.07, 6.45) is 7.30. The van der Waals surface area contributed by atoms with E-state index in [4.69, 9.17) is 5.26 Å². The first-order chi connectivity index (χ1) is 8.13. The molecule has 2 saturated carbocycles. The van der Waals surface area contributed by atoms with E-state index in [1.165, 1.54) is 32.1 Å². The van der Waals surface area contributed by atoms with E-state index in [-0.39, 0.29) is 0 Å². The Morgan fingerprint density at radius 3 is 3.00 bits per heavy atom. The summed E-state index contributed by atoms with van der Waals surface area (Å²) in [5, 5.41) is 8.91. The number of hydrogen-bond donors (Lipinski definition) is 0. The zero-order chi connectivity index (χ0) is 12.5. The third-order valence-corrected chi connectivity index (χ3v) is 5.87. The summed E-state index contributed by atoms with van der Waals surface area (Å²) in [6, 6.07) is 2.36. The van der Waals surface area contributed by atoms with Crippen LogP contribution >= 0.6 is 15.9 Å². The van der Waals surface area contributed by atoms with Gasteiger partial charge in [0.15, 0.2) is 0 Å². The molecule has 0 radical (unpaired) electrons. The molecule has 0 aromatic carbocycles. The Balaban J connectivity index is 2.21. The van der Waals surface area contributed by atoms with Crippen LogP contribution in [0.15, 0.2) is 10.6 Å². The Morgan fingerprint density at radius 1 is 1.59 bits per heavy atom. The summed E-state index contributed by atoms with van der Waals surface area (Å²) in [7, 11) is 0. The summed E-state index contributed by atoms with van der Waals surface area (Å²) in [5.74, 6) is 2.07. The molecular formula is C15H22BrN. The second-order valence-electron chi connectivity index (χ2n) is 6.12. The molecule has 2 aliphatic carbocycles. The molecule has 0 aromatic heterocycles. The zero-order valence-electron chi connectivity index (χ0n) is 10.9. The van der Waals surface area contributed by atoms with Crippen LogP contribution in [0.4, 0.5) is 0 Å². The lowest BCUT2D eigenvalue weighted by atomic mass is 9.61. The van der Waals surface area contributed by atoms with Gasteiger partial charge in [0.2, 0.25) is 0 Å². The lowest BCUT2D eigenvalue weighted by Gasteiger charge is -2.44. The average Bonchev–Trinajstić information content (AvgIpc) is 2.66. The molecule has 0 heterocycles. The number of allylic oxidation sites excluding steroid dienone is 1. The van der Waals surface area contributed by atoms with E-state index >= 15 is 0 Å². The largest absolute Gasteiger partial charge is 0.198 e. The number of nitriles is 1. The average molecular weight is 296 g/mol. The molecule has 2 fully saturated rings. The quantitative estimate of drug-likeness (QED) is 0.701. The fraction of sp³-hybridized carbons (Fsp3) is 0.800. The summed E-state index contributed by atoms with van der Waals surface area (Å²) in [4.78, 5) is 2.17. The van der Waals surface area contributed by atoms with Crippen molar-refractivity contribution in [2.24, 2.45) is 23.2 Å². The Morgan fingerprint density at radius 2 is 2.35 bits per heavy atom. The molecule has 94 valence electrons. The van der Waals surface area contributed by atoms with Crippen LogP contribution in [0, 0.1) is 34.5 Å². The molecule has 0 spiro atoms. The van der Waals surface area contributed by atoms with Crippen molar-refractivity contribution >= 4 is 15.9 Å². The van der Waals surface area contributed by atoms with Gasteiger partial charge in [0.05, 0.1) is 6.07 Å². The predicted molar refractivity (Wildman–Crippen MR) is 74.6 cm³/mol. The summed E-state index contributed by atoms with van der Waals surface area (Å²) in [5.41, 5.74) is 2.07. The first kappa shape index (κ1) is 13.1. The normalized spacial score (nSPS) is 40.9. The fourth-order valence-electron chi connectivity index (χ4n) is 4.43. The molecule has 1 nitrogen and oxygen atoms in total. The van der Waals surface area contributed by atoms with Gasteiger partial charge in [-0.1, -0.05) is 35.4 Å². The first-order valence-electron chi connectivity index (χ1n) is 6.79. The molecule has 4 atom stereocenters. The van der Waals surface area contributed by atoms with Gasteiger partial charge in [-0.2, -0.15) is 5.26 Å². The molecule has 0 aromatic rings. The maximum absolute atomic E-state index is 8.91. The smallest absolute Gasteiger partial charge is 0.0624 e. The van der Waals surface area contributed by atoms with Crippen LogP contribution in [0.5, 0.6) is 0 Å². The lowest BCUT2D eigenvalue weighted by Crippen LogP contribution is -2.35. The minimum absolute atomic E-state index is 0.452. The van der Waals surface area contributed by atoms with Gasteiger partial charge in [0.25, 0.3) is 0 Å². The van der Waals surface area contributed by atoms with Crippen molar-refractivity contribution < 1.29 is 0 Å². The van der Waals surface area contributed by atoms with Crippen molar-refractivity contribution in [1.29, 1.82) is 5.26 Å². The molecule has 0 aliphatic heterocycles. The van der Waals surface area contributed by atoms with Crippen LogP contribution in [0.3, 0.4) is 0 Å². The molecule has 0 saturated heterocycles. The van der Waals surface area contributed by atoms with Crippen molar-refractivity contribution in [1.82, 2.24) is 0 Å². The topological polar surface area (TPSA) is 23.8 Å². The monoisotopic (exact) mass is 295 g/mol. The van der Waals surface area contributed by atoms with E-state index in [9.17, 15) is 0 Å². The molecule has 1 unspecified atom stereocenters. The van der Waals surface area contributed by atoms with Crippen molar-refractivity contribution in [2.45, 2.75) is 52.4 Å². The van der Waals surface area contributed by atoms with Crippen molar-refractivity contribution in [2.75, 3.05) is 0 Å². The van der Waals surface area contributed by atoms with Gasteiger partial charge in [0.1, 0.15) is 0 Å². The Kier molecular flexibility index (Phi) is 3.98. The van der Waals surface area contributed by atoms with Crippen LogP contribution in [0.25, 0.3) is 0 Å². The number of fused-ring (bicyclic) bond motifs is 1. The number of halogens is 1. The fourth-order valence-corrected chi connectivity index (χ4v) is 4.98. The number of nitrogens with zero attached hydrogens (tertiary/aromatic N) is 1. The zero-order valence-corrected chi connectivity index (χ0v) is 12.5. The van der Waals surface area contributed by atoms with E-state index in [1.807, 2.05) is 0 Å². The van der Waals surface area contributed by atoms with Crippen molar-refractivity contribution in [3.05, 3.63) is 10.6 Å². The highest BCUT2D eigenvalue weighted by molar-refractivity contribution is 9.11. The standard InChI is InChI=1S/C15H22BrN/c1-11(7-9-17)13-5-6-14-12(10-16)4-3-8-15(13,14)2/h10-11,13-14H,3-8H2,1-2H3/b12-10+/t11-,13-,14?,15-/m1/s1. The predicted octanol–water partition coefficient (Wildman–Crippen LogP) is 5.03.